The number of benzene rings is 1. The van der Waals surface area contributed by atoms with Crippen molar-refractivity contribution in [2.24, 2.45) is 0 Å². The van der Waals surface area contributed by atoms with Gasteiger partial charge in [-0.15, -0.1) is 0 Å². The summed E-state index contributed by atoms with van der Waals surface area (Å²) in [6, 6.07) is 7.75. The molecule has 0 fully saturated rings. The summed E-state index contributed by atoms with van der Waals surface area (Å²) in [6.45, 7) is 0.821. The highest BCUT2D eigenvalue weighted by atomic mass is 79.9. The van der Waals surface area contributed by atoms with Gasteiger partial charge in [-0.1, -0.05) is 22.4 Å². The van der Waals surface area contributed by atoms with E-state index in [9.17, 15) is 4.79 Å². The molecule has 0 saturated carbocycles. The molecule has 0 unspecified atom stereocenters. The summed E-state index contributed by atoms with van der Waals surface area (Å²) < 4.78 is 0. The number of anilines is 1. The molecule has 0 aromatic heterocycles. The number of nitrogens with zero attached hydrogens (tertiary/aromatic N) is 2. The summed E-state index contributed by atoms with van der Waals surface area (Å²) in [5.41, 5.74) is 1.87. The fraction of sp³-hybridized carbons (Fsp3) is 0.533. The lowest BCUT2D eigenvalue weighted by molar-refractivity contribution is 0.0793. The maximum Gasteiger partial charge on any atom is 0.253 e. The molecule has 0 aliphatic rings. The lowest BCUT2D eigenvalue weighted by Crippen LogP contribution is -2.27. The van der Waals surface area contributed by atoms with Gasteiger partial charge < -0.3 is 9.80 Å². The predicted octanol–water partition coefficient (Wildman–Crippen LogP) is 3.39. The van der Waals surface area contributed by atoms with Crippen LogP contribution >= 0.6 is 15.9 Å². The first-order valence-corrected chi connectivity index (χ1v) is 7.77. The van der Waals surface area contributed by atoms with Crippen LogP contribution in [-0.4, -0.2) is 43.8 Å². The standard InChI is InChI=1S/C15H23BrN2O/c1-17(2)14-9-7-13(8-10-14)15(19)18(3)12-6-4-5-11-16/h7-10H,4-6,11-12H2,1-3H3. The number of amides is 1. The molecule has 1 aromatic rings. The van der Waals surface area contributed by atoms with Crippen LogP contribution in [0.3, 0.4) is 0 Å². The van der Waals surface area contributed by atoms with E-state index in [1.54, 1.807) is 4.90 Å². The first-order chi connectivity index (χ1) is 9.06. The lowest BCUT2D eigenvalue weighted by Gasteiger charge is -2.18. The molecule has 4 heteroatoms. The summed E-state index contributed by atoms with van der Waals surface area (Å²) in [7, 11) is 5.86. The fourth-order valence-electron chi connectivity index (χ4n) is 1.84. The third kappa shape index (κ3) is 5.23. The van der Waals surface area contributed by atoms with Crippen LogP contribution in [0.15, 0.2) is 24.3 Å². The van der Waals surface area contributed by atoms with E-state index in [-0.39, 0.29) is 5.91 Å². The van der Waals surface area contributed by atoms with Crippen LogP contribution < -0.4 is 4.90 Å². The maximum absolute atomic E-state index is 12.2. The molecule has 0 radical (unpaired) electrons. The Morgan fingerprint density at radius 2 is 1.68 bits per heavy atom. The van der Waals surface area contributed by atoms with E-state index in [4.69, 9.17) is 0 Å². The van der Waals surface area contributed by atoms with Crippen molar-refractivity contribution in [2.45, 2.75) is 19.3 Å². The van der Waals surface area contributed by atoms with Crippen LogP contribution in [-0.2, 0) is 0 Å². The second kappa shape index (κ2) is 8.20. The zero-order valence-electron chi connectivity index (χ0n) is 12.0. The number of carbonyl (C=O) groups excluding carboxylic acids is 1. The van der Waals surface area contributed by atoms with E-state index >= 15 is 0 Å². The highest BCUT2D eigenvalue weighted by Gasteiger charge is 2.11. The SMILES string of the molecule is CN(CCCCCBr)C(=O)c1ccc(N(C)C)cc1. The van der Waals surface area contributed by atoms with Gasteiger partial charge in [-0.05, 0) is 37.1 Å². The number of hydrogen-bond donors (Lipinski definition) is 0. The smallest absolute Gasteiger partial charge is 0.253 e. The molecular formula is C15H23BrN2O. The highest BCUT2D eigenvalue weighted by Crippen LogP contribution is 2.13. The van der Waals surface area contributed by atoms with Crippen LogP contribution in [0.25, 0.3) is 0 Å². The molecule has 0 heterocycles. The molecule has 1 amide bonds. The lowest BCUT2D eigenvalue weighted by atomic mass is 10.1. The minimum Gasteiger partial charge on any atom is -0.378 e. The number of alkyl halides is 1. The van der Waals surface area contributed by atoms with E-state index in [1.807, 2.05) is 50.3 Å². The van der Waals surface area contributed by atoms with Crippen molar-refractivity contribution in [3.63, 3.8) is 0 Å². The fourth-order valence-corrected chi connectivity index (χ4v) is 2.24. The first-order valence-electron chi connectivity index (χ1n) is 6.65. The van der Waals surface area contributed by atoms with Gasteiger partial charge in [0, 0.05) is 44.3 Å². The molecule has 0 saturated heterocycles. The number of rotatable bonds is 7. The molecule has 1 aromatic carbocycles. The van der Waals surface area contributed by atoms with E-state index in [2.05, 4.69) is 15.9 Å². The monoisotopic (exact) mass is 326 g/mol. The minimum absolute atomic E-state index is 0.101. The third-order valence-corrected chi connectivity index (χ3v) is 3.67. The van der Waals surface area contributed by atoms with Gasteiger partial charge in [0.25, 0.3) is 5.91 Å². The molecule has 0 atom stereocenters. The normalized spacial score (nSPS) is 10.3. The van der Waals surface area contributed by atoms with Crippen molar-refractivity contribution in [1.29, 1.82) is 0 Å². The quantitative estimate of drug-likeness (QED) is 0.566. The molecule has 3 nitrogen and oxygen atoms in total. The maximum atomic E-state index is 12.2. The van der Waals surface area contributed by atoms with Crippen molar-refractivity contribution in [1.82, 2.24) is 4.90 Å². The largest absolute Gasteiger partial charge is 0.378 e. The zero-order chi connectivity index (χ0) is 14.3. The number of carbonyl (C=O) groups is 1. The van der Waals surface area contributed by atoms with E-state index < -0.39 is 0 Å². The van der Waals surface area contributed by atoms with Crippen molar-refractivity contribution < 1.29 is 4.79 Å². The van der Waals surface area contributed by atoms with Gasteiger partial charge in [-0.3, -0.25) is 4.79 Å². The second-order valence-electron chi connectivity index (χ2n) is 4.92. The number of unbranched alkanes of at least 4 members (excludes halogenated alkanes) is 2. The van der Waals surface area contributed by atoms with Gasteiger partial charge in [0.05, 0.1) is 0 Å². The Labute approximate surface area is 124 Å². The predicted molar refractivity (Wildman–Crippen MR) is 85.4 cm³/mol. The third-order valence-electron chi connectivity index (χ3n) is 3.10. The van der Waals surface area contributed by atoms with Gasteiger partial charge in [0.2, 0.25) is 0 Å². The van der Waals surface area contributed by atoms with Crippen LogP contribution in [0.1, 0.15) is 29.6 Å². The summed E-state index contributed by atoms with van der Waals surface area (Å²) in [5.74, 6) is 0.101. The van der Waals surface area contributed by atoms with Crippen molar-refractivity contribution >= 4 is 27.5 Å². The Morgan fingerprint density at radius 3 is 2.21 bits per heavy atom. The second-order valence-corrected chi connectivity index (χ2v) is 5.71. The molecule has 106 valence electrons. The Morgan fingerprint density at radius 1 is 1.05 bits per heavy atom. The highest BCUT2D eigenvalue weighted by molar-refractivity contribution is 9.09. The van der Waals surface area contributed by atoms with E-state index in [0.29, 0.717) is 0 Å². The molecular weight excluding hydrogens is 304 g/mol. The molecule has 0 aliphatic carbocycles. The van der Waals surface area contributed by atoms with Crippen LogP contribution in [0, 0.1) is 0 Å². The van der Waals surface area contributed by atoms with Crippen LogP contribution in [0.5, 0.6) is 0 Å². The minimum atomic E-state index is 0.101. The molecule has 19 heavy (non-hydrogen) atoms. The molecule has 0 aliphatic heterocycles. The topological polar surface area (TPSA) is 23.6 Å². The summed E-state index contributed by atoms with van der Waals surface area (Å²) in [4.78, 5) is 16.0. The van der Waals surface area contributed by atoms with Crippen LogP contribution in [0.4, 0.5) is 5.69 Å². The van der Waals surface area contributed by atoms with E-state index in [1.165, 1.54) is 6.42 Å². The van der Waals surface area contributed by atoms with Gasteiger partial charge in [0.15, 0.2) is 0 Å². The summed E-state index contributed by atoms with van der Waals surface area (Å²) in [5, 5.41) is 1.04. The Hall–Kier alpha value is -1.03. The number of hydrogen-bond acceptors (Lipinski definition) is 2. The van der Waals surface area contributed by atoms with Crippen molar-refractivity contribution in [3.05, 3.63) is 29.8 Å². The van der Waals surface area contributed by atoms with Crippen molar-refractivity contribution in [2.75, 3.05) is 37.9 Å². The van der Waals surface area contributed by atoms with Gasteiger partial charge >= 0.3 is 0 Å². The van der Waals surface area contributed by atoms with Gasteiger partial charge in [0.1, 0.15) is 0 Å². The average Bonchev–Trinajstić information content (AvgIpc) is 2.42. The Bertz CT molecular complexity index is 390. The molecule has 0 N–H and O–H groups in total. The molecule has 1 rings (SSSR count). The average molecular weight is 327 g/mol. The van der Waals surface area contributed by atoms with Gasteiger partial charge in [-0.2, -0.15) is 0 Å². The molecule has 0 bridgehead atoms. The van der Waals surface area contributed by atoms with Crippen molar-refractivity contribution in [3.8, 4) is 0 Å². The first kappa shape index (κ1) is 16.0. The molecule has 0 spiro atoms. The van der Waals surface area contributed by atoms with Gasteiger partial charge in [-0.25, -0.2) is 0 Å². The zero-order valence-corrected chi connectivity index (χ0v) is 13.6. The summed E-state index contributed by atoms with van der Waals surface area (Å²) >= 11 is 3.42. The Balaban J connectivity index is 2.51. The van der Waals surface area contributed by atoms with Crippen LogP contribution in [0.2, 0.25) is 0 Å². The van der Waals surface area contributed by atoms with E-state index in [0.717, 1.165) is 36.0 Å². The Kier molecular flexibility index (Phi) is 6.92. The number of halogens is 1. The summed E-state index contributed by atoms with van der Waals surface area (Å²) in [6.07, 6.45) is 3.38.